The van der Waals surface area contributed by atoms with Gasteiger partial charge in [0.1, 0.15) is 0 Å². The van der Waals surface area contributed by atoms with E-state index in [1.54, 1.807) is 0 Å². The van der Waals surface area contributed by atoms with Crippen LogP contribution in [-0.4, -0.2) is 12.6 Å². The topological polar surface area (TPSA) is 38.0 Å². The van der Waals surface area contributed by atoms with E-state index in [9.17, 15) is 0 Å². The van der Waals surface area contributed by atoms with Crippen molar-refractivity contribution in [1.82, 2.24) is 0 Å². The number of hydrogen-bond donors (Lipinski definition) is 2. The van der Waals surface area contributed by atoms with Crippen LogP contribution < -0.4 is 11.1 Å². The molecule has 0 saturated carbocycles. The summed E-state index contributed by atoms with van der Waals surface area (Å²) in [4.78, 5) is 0. The minimum atomic E-state index is 0.286. The molecule has 0 radical (unpaired) electrons. The highest BCUT2D eigenvalue weighted by Crippen LogP contribution is 2.19. The molecule has 0 fully saturated rings. The second kappa shape index (κ2) is 5.99. The average molecular weight is 227 g/mol. The zero-order valence-corrected chi connectivity index (χ0v) is 10.1. The molecule has 0 bridgehead atoms. The zero-order valence-electron chi connectivity index (χ0n) is 9.39. The highest BCUT2D eigenvalue weighted by atomic mass is 35.5. The minimum absolute atomic E-state index is 0.286. The maximum absolute atomic E-state index is 6.02. The Labute approximate surface area is 96.8 Å². The van der Waals surface area contributed by atoms with E-state index in [4.69, 9.17) is 17.3 Å². The van der Waals surface area contributed by atoms with Crippen molar-refractivity contribution >= 4 is 17.3 Å². The van der Waals surface area contributed by atoms with Crippen LogP contribution in [0.4, 0.5) is 5.69 Å². The van der Waals surface area contributed by atoms with Crippen molar-refractivity contribution in [3.05, 3.63) is 28.8 Å². The summed E-state index contributed by atoms with van der Waals surface area (Å²) in [5, 5.41) is 4.14. The third-order valence-corrected chi connectivity index (χ3v) is 2.74. The maximum Gasteiger partial charge on any atom is 0.0455 e. The maximum atomic E-state index is 6.02. The Balaban J connectivity index is 2.35. The summed E-state index contributed by atoms with van der Waals surface area (Å²) in [5.74, 6) is 0. The molecule has 1 aromatic carbocycles. The Bertz CT molecular complexity index is 310. The summed E-state index contributed by atoms with van der Waals surface area (Å²) in [7, 11) is 0. The van der Waals surface area contributed by atoms with Crippen molar-refractivity contribution in [3.63, 3.8) is 0 Å². The van der Waals surface area contributed by atoms with Gasteiger partial charge in [-0.1, -0.05) is 17.7 Å². The lowest BCUT2D eigenvalue weighted by Crippen LogP contribution is -2.16. The van der Waals surface area contributed by atoms with Gasteiger partial charge in [-0.2, -0.15) is 0 Å². The second-order valence-corrected chi connectivity index (χ2v) is 4.42. The van der Waals surface area contributed by atoms with Gasteiger partial charge in [-0.15, -0.1) is 0 Å². The molecule has 0 heterocycles. The normalized spacial score (nSPS) is 12.5. The van der Waals surface area contributed by atoms with Crippen LogP contribution in [0.5, 0.6) is 0 Å². The summed E-state index contributed by atoms with van der Waals surface area (Å²) < 4.78 is 0. The number of hydrogen-bond acceptors (Lipinski definition) is 2. The number of anilines is 1. The van der Waals surface area contributed by atoms with Crippen LogP contribution in [0.15, 0.2) is 18.2 Å². The predicted octanol–water partition coefficient (Wildman–Crippen LogP) is 3.19. The predicted molar refractivity (Wildman–Crippen MR) is 67.6 cm³/mol. The first-order valence-electron chi connectivity index (χ1n) is 5.35. The molecule has 1 aromatic rings. The third kappa shape index (κ3) is 4.54. The van der Waals surface area contributed by atoms with E-state index >= 15 is 0 Å². The van der Waals surface area contributed by atoms with E-state index < -0.39 is 0 Å². The van der Waals surface area contributed by atoms with Crippen LogP contribution in [0.25, 0.3) is 0 Å². The van der Waals surface area contributed by atoms with E-state index in [1.807, 2.05) is 32.0 Å². The second-order valence-electron chi connectivity index (χ2n) is 4.01. The fourth-order valence-electron chi connectivity index (χ4n) is 1.36. The molecule has 0 aliphatic carbocycles. The van der Waals surface area contributed by atoms with Crippen LogP contribution in [0.1, 0.15) is 25.3 Å². The molecular formula is C12H19ClN2. The Kier molecular flexibility index (Phi) is 4.92. The van der Waals surface area contributed by atoms with E-state index in [0.29, 0.717) is 0 Å². The number of benzene rings is 1. The number of aryl methyl sites for hydroxylation is 1. The van der Waals surface area contributed by atoms with Crippen molar-refractivity contribution in [1.29, 1.82) is 0 Å². The first kappa shape index (κ1) is 12.3. The highest BCUT2D eigenvalue weighted by Gasteiger charge is 1.98. The van der Waals surface area contributed by atoms with E-state index in [0.717, 1.165) is 35.7 Å². The van der Waals surface area contributed by atoms with Crippen LogP contribution in [0.2, 0.25) is 5.02 Å². The average Bonchev–Trinajstić information content (AvgIpc) is 2.18. The number of nitrogens with two attached hydrogens (primary N) is 1. The molecule has 15 heavy (non-hydrogen) atoms. The summed E-state index contributed by atoms with van der Waals surface area (Å²) in [6.07, 6.45) is 2.13. The van der Waals surface area contributed by atoms with Crippen LogP contribution in [0, 0.1) is 6.92 Å². The highest BCUT2D eigenvalue weighted by molar-refractivity contribution is 6.31. The van der Waals surface area contributed by atoms with Gasteiger partial charge in [0.15, 0.2) is 0 Å². The lowest BCUT2D eigenvalue weighted by Gasteiger charge is -2.09. The number of halogens is 1. The Morgan fingerprint density at radius 2 is 2.20 bits per heavy atom. The molecule has 0 saturated heterocycles. The van der Waals surface area contributed by atoms with Crippen LogP contribution >= 0.6 is 11.6 Å². The van der Waals surface area contributed by atoms with E-state index in [2.05, 4.69) is 5.32 Å². The summed E-state index contributed by atoms with van der Waals surface area (Å²) in [6, 6.07) is 6.32. The summed E-state index contributed by atoms with van der Waals surface area (Å²) >= 11 is 6.02. The van der Waals surface area contributed by atoms with Crippen molar-refractivity contribution < 1.29 is 0 Å². The molecule has 1 atom stereocenters. The molecule has 3 N–H and O–H groups in total. The van der Waals surface area contributed by atoms with Gasteiger partial charge in [-0.05, 0) is 44.4 Å². The molecule has 2 nitrogen and oxygen atoms in total. The minimum Gasteiger partial charge on any atom is -0.385 e. The molecular weight excluding hydrogens is 208 g/mol. The van der Waals surface area contributed by atoms with Crippen molar-refractivity contribution in [3.8, 4) is 0 Å². The SMILES string of the molecule is Cc1ccc(NCCCC(C)N)cc1Cl. The molecule has 0 aliphatic rings. The molecule has 1 unspecified atom stereocenters. The van der Waals surface area contributed by atoms with Gasteiger partial charge in [0.05, 0.1) is 0 Å². The Hall–Kier alpha value is -0.730. The Morgan fingerprint density at radius 1 is 1.47 bits per heavy atom. The van der Waals surface area contributed by atoms with Crippen molar-refractivity contribution in [2.75, 3.05) is 11.9 Å². The van der Waals surface area contributed by atoms with Gasteiger partial charge in [0, 0.05) is 23.3 Å². The lowest BCUT2D eigenvalue weighted by atomic mass is 10.2. The molecule has 84 valence electrons. The summed E-state index contributed by atoms with van der Waals surface area (Å²) in [6.45, 7) is 4.98. The first-order chi connectivity index (χ1) is 7.09. The van der Waals surface area contributed by atoms with Crippen molar-refractivity contribution in [2.24, 2.45) is 5.73 Å². The van der Waals surface area contributed by atoms with Crippen molar-refractivity contribution in [2.45, 2.75) is 32.7 Å². The molecule has 1 rings (SSSR count). The standard InChI is InChI=1S/C12H19ClN2/c1-9-5-6-11(8-12(9)13)15-7-3-4-10(2)14/h5-6,8,10,15H,3-4,7,14H2,1-2H3. The first-order valence-corrected chi connectivity index (χ1v) is 5.73. The fourth-order valence-corrected chi connectivity index (χ4v) is 1.54. The van der Waals surface area contributed by atoms with Crippen LogP contribution in [0.3, 0.4) is 0 Å². The van der Waals surface area contributed by atoms with Gasteiger partial charge in [-0.3, -0.25) is 0 Å². The largest absolute Gasteiger partial charge is 0.385 e. The Morgan fingerprint density at radius 3 is 2.80 bits per heavy atom. The van der Waals surface area contributed by atoms with Gasteiger partial charge >= 0.3 is 0 Å². The van der Waals surface area contributed by atoms with E-state index in [-0.39, 0.29) is 6.04 Å². The molecule has 0 aromatic heterocycles. The molecule has 0 spiro atoms. The number of nitrogens with one attached hydrogen (secondary N) is 1. The van der Waals surface area contributed by atoms with Gasteiger partial charge in [-0.25, -0.2) is 0 Å². The molecule has 0 amide bonds. The monoisotopic (exact) mass is 226 g/mol. The smallest absolute Gasteiger partial charge is 0.0455 e. The van der Waals surface area contributed by atoms with Gasteiger partial charge in [0.2, 0.25) is 0 Å². The van der Waals surface area contributed by atoms with Crippen LogP contribution in [-0.2, 0) is 0 Å². The van der Waals surface area contributed by atoms with Gasteiger partial charge in [0.25, 0.3) is 0 Å². The quantitative estimate of drug-likeness (QED) is 0.757. The lowest BCUT2D eigenvalue weighted by molar-refractivity contribution is 0.639. The molecule has 3 heteroatoms. The molecule has 0 aliphatic heterocycles. The summed E-state index contributed by atoms with van der Waals surface area (Å²) in [5.41, 5.74) is 7.85. The third-order valence-electron chi connectivity index (χ3n) is 2.34. The number of rotatable bonds is 5. The van der Waals surface area contributed by atoms with Gasteiger partial charge < -0.3 is 11.1 Å². The zero-order chi connectivity index (χ0) is 11.3. The van der Waals surface area contributed by atoms with E-state index in [1.165, 1.54) is 0 Å². The fraction of sp³-hybridized carbons (Fsp3) is 0.500.